The van der Waals surface area contributed by atoms with Crippen LogP contribution < -0.4 is 4.74 Å². The predicted molar refractivity (Wildman–Crippen MR) is 215 cm³/mol. The van der Waals surface area contributed by atoms with Crippen LogP contribution >= 0.6 is 0 Å². The van der Waals surface area contributed by atoms with Crippen molar-refractivity contribution < 1.29 is 25.8 Å². The molecule has 3 aromatic heterocycles. The van der Waals surface area contributed by atoms with Crippen molar-refractivity contribution in [3.05, 3.63) is 131 Å². The molecule has 7 rings (SSSR count). The maximum atomic E-state index is 6.49. The smallest absolute Gasteiger partial charge is 0.509 e. The second-order valence-electron chi connectivity index (χ2n) is 14.7. The van der Waals surface area contributed by atoms with Crippen LogP contribution in [-0.4, -0.2) is 19.3 Å². The third-order valence-corrected chi connectivity index (χ3v) is 10.7. The Morgan fingerprint density at radius 2 is 1.49 bits per heavy atom. The van der Waals surface area contributed by atoms with Crippen molar-refractivity contribution in [2.75, 3.05) is 0 Å². The molecular weight excluding hydrogens is 832 g/mol. The molecule has 0 amide bonds. The van der Waals surface area contributed by atoms with Gasteiger partial charge in [0.1, 0.15) is 5.82 Å². The molecule has 6 heteroatoms. The third kappa shape index (κ3) is 7.92. The fourth-order valence-corrected chi connectivity index (χ4v) is 7.47. The largest absolute Gasteiger partial charge is 2.00 e. The molecule has 274 valence electrons. The third-order valence-electron chi connectivity index (χ3n) is 10.7. The molecule has 0 saturated carbocycles. The molecular formula is C47H50N4OPt. The minimum Gasteiger partial charge on any atom is -0.509 e. The summed E-state index contributed by atoms with van der Waals surface area (Å²) in [4.78, 5) is 4.79. The van der Waals surface area contributed by atoms with Gasteiger partial charge in [-0.15, -0.1) is 35.7 Å². The van der Waals surface area contributed by atoms with Crippen molar-refractivity contribution in [3.63, 3.8) is 0 Å². The normalized spacial score (nSPS) is 12.6. The molecule has 0 saturated heterocycles. The summed E-state index contributed by atoms with van der Waals surface area (Å²) in [6, 6.07) is 32.3. The number of rotatable bonds is 13. The number of pyridine rings is 1. The number of hydrogen-bond acceptors (Lipinski definition) is 3. The molecule has 2 unspecified atom stereocenters. The van der Waals surface area contributed by atoms with Gasteiger partial charge in [-0.05, 0) is 108 Å². The molecule has 2 atom stereocenters. The molecule has 0 aliphatic carbocycles. The number of nitrogens with zero attached hydrogens (tertiary/aromatic N) is 4. The summed E-state index contributed by atoms with van der Waals surface area (Å²) >= 11 is 0. The van der Waals surface area contributed by atoms with E-state index in [9.17, 15) is 0 Å². The van der Waals surface area contributed by atoms with Gasteiger partial charge in [-0.3, -0.25) is 4.68 Å². The summed E-state index contributed by atoms with van der Waals surface area (Å²) in [5.41, 5.74) is 12.3. The first-order chi connectivity index (χ1) is 25.3. The molecule has 3 heterocycles. The fourth-order valence-electron chi connectivity index (χ4n) is 7.47. The van der Waals surface area contributed by atoms with Crippen molar-refractivity contribution >= 4 is 21.8 Å². The van der Waals surface area contributed by atoms with E-state index >= 15 is 0 Å². The fraction of sp³-hybridized carbons (Fsp3) is 0.319. The Bertz CT molecular complexity index is 2320. The zero-order valence-corrected chi connectivity index (χ0v) is 34.3. The van der Waals surface area contributed by atoms with Gasteiger partial charge in [0.05, 0.1) is 6.20 Å². The summed E-state index contributed by atoms with van der Waals surface area (Å²) in [5.74, 6) is 3.33. The maximum absolute atomic E-state index is 6.49. The standard InChI is InChI=1S/C47H50N4O.Pt/c1-8-14-35-21-22-48-46(26-35)51-44-18-12-11-17-40(44)41-20-19-39(28-45(41)51)52-38-16-13-15-37(27-38)50-30-36(29-49-50)47-42(23-31(4)9-2)33(6)25-34(7)43(47)24-32(5)10-3;/h11-13,15-22,25-26,29-32H,8-10,14,23-24H2,1-7H3;/q-2;+2. The van der Waals surface area contributed by atoms with Crippen molar-refractivity contribution in [2.45, 2.75) is 87.0 Å². The number of para-hydroxylation sites is 1. The van der Waals surface area contributed by atoms with Crippen LogP contribution in [0.5, 0.6) is 11.5 Å². The van der Waals surface area contributed by atoms with E-state index in [4.69, 9.17) is 14.8 Å². The van der Waals surface area contributed by atoms with E-state index in [0.29, 0.717) is 23.3 Å². The topological polar surface area (TPSA) is 44.9 Å². The van der Waals surface area contributed by atoms with E-state index in [1.54, 1.807) is 0 Å². The van der Waals surface area contributed by atoms with E-state index in [-0.39, 0.29) is 21.1 Å². The van der Waals surface area contributed by atoms with Crippen LogP contribution in [0.25, 0.3) is 44.4 Å². The van der Waals surface area contributed by atoms with Crippen LogP contribution in [0.15, 0.2) is 91.4 Å². The first kappa shape index (κ1) is 38.3. The average Bonchev–Trinajstić information content (AvgIpc) is 3.77. The summed E-state index contributed by atoms with van der Waals surface area (Å²) < 4.78 is 10.6. The molecule has 0 radical (unpaired) electrons. The van der Waals surface area contributed by atoms with Gasteiger partial charge in [-0.1, -0.05) is 83.7 Å². The summed E-state index contributed by atoms with van der Waals surface area (Å²) in [7, 11) is 0. The molecule has 0 spiro atoms. The molecule has 5 nitrogen and oxygen atoms in total. The zero-order valence-electron chi connectivity index (χ0n) is 32.1. The second-order valence-corrected chi connectivity index (χ2v) is 14.7. The first-order valence-electron chi connectivity index (χ1n) is 19.1. The van der Waals surface area contributed by atoms with E-state index in [1.807, 2.05) is 41.3 Å². The van der Waals surface area contributed by atoms with E-state index in [2.05, 4.69) is 120 Å². The molecule has 0 aliphatic heterocycles. The quantitative estimate of drug-likeness (QED) is 0.108. The van der Waals surface area contributed by atoms with Gasteiger partial charge < -0.3 is 9.30 Å². The Morgan fingerprint density at radius 1 is 0.774 bits per heavy atom. The Balaban J connectivity index is 0.00000481. The Kier molecular flexibility index (Phi) is 12.0. The number of ether oxygens (including phenoxy) is 1. The van der Waals surface area contributed by atoms with E-state index in [0.717, 1.165) is 77.4 Å². The SMILES string of the molecule is CCCc1ccnc(-n2c3[c-]c(Oc4[c-]c(-n5cc(-c6c(CC(C)CC)c(C)cc(C)c6CC(C)CC)cn5)ccc4)ccc3c3ccccc32)c1.[Pt+2]. The van der Waals surface area contributed by atoms with Gasteiger partial charge in [-0.25, -0.2) is 4.98 Å². The van der Waals surface area contributed by atoms with Crippen molar-refractivity contribution in [2.24, 2.45) is 11.8 Å². The van der Waals surface area contributed by atoms with E-state index in [1.165, 1.54) is 33.4 Å². The molecule has 0 bridgehead atoms. The minimum absolute atomic E-state index is 0. The first-order valence-corrected chi connectivity index (χ1v) is 19.1. The number of fused-ring (bicyclic) bond motifs is 3. The summed E-state index contributed by atoms with van der Waals surface area (Å²) in [6.45, 7) is 16.0. The zero-order chi connectivity index (χ0) is 36.4. The molecule has 0 fully saturated rings. The number of aromatic nitrogens is 4. The maximum Gasteiger partial charge on any atom is 2.00 e. The Morgan fingerprint density at radius 3 is 2.21 bits per heavy atom. The van der Waals surface area contributed by atoms with Crippen LogP contribution in [0.4, 0.5) is 0 Å². The Labute approximate surface area is 329 Å². The van der Waals surface area contributed by atoms with Crippen molar-refractivity contribution in [3.8, 4) is 34.1 Å². The van der Waals surface area contributed by atoms with Gasteiger partial charge >= 0.3 is 21.1 Å². The van der Waals surface area contributed by atoms with E-state index < -0.39 is 0 Å². The summed E-state index contributed by atoms with van der Waals surface area (Å²) in [6.07, 6.45) is 12.6. The monoisotopic (exact) mass is 881 g/mol. The van der Waals surface area contributed by atoms with Crippen LogP contribution in [0, 0.1) is 37.8 Å². The van der Waals surface area contributed by atoms with Gasteiger partial charge in [0.25, 0.3) is 0 Å². The molecule has 0 N–H and O–H groups in total. The Hall–Kier alpha value is -4.47. The minimum atomic E-state index is 0. The van der Waals surface area contributed by atoms with Gasteiger partial charge in [-0.2, -0.15) is 17.2 Å². The van der Waals surface area contributed by atoms with Gasteiger partial charge in [0.2, 0.25) is 0 Å². The average molecular weight is 882 g/mol. The van der Waals surface area contributed by atoms with Gasteiger partial charge in [0, 0.05) is 35.0 Å². The van der Waals surface area contributed by atoms with Crippen molar-refractivity contribution in [1.29, 1.82) is 0 Å². The summed E-state index contributed by atoms with van der Waals surface area (Å²) in [5, 5.41) is 7.17. The molecule has 7 aromatic rings. The molecule has 53 heavy (non-hydrogen) atoms. The van der Waals surface area contributed by atoms with Crippen LogP contribution in [0.3, 0.4) is 0 Å². The molecule has 4 aromatic carbocycles. The predicted octanol–water partition coefficient (Wildman–Crippen LogP) is 12.2. The number of benzene rings is 4. The number of hydrogen-bond donors (Lipinski definition) is 0. The molecule has 0 aliphatic rings. The van der Waals surface area contributed by atoms with Crippen LogP contribution in [0.2, 0.25) is 0 Å². The van der Waals surface area contributed by atoms with Gasteiger partial charge in [0.15, 0.2) is 0 Å². The van der Waals surface area contributed by atoms with Crippen molar-refractivity contribution in [1.82, 2.24) is 19.3 Å². The number of aryl methyl sites for hydroxylation is 3. The van der Waals surface area contributed by atoms with Crippen LogP contribution in [-0.2, 0) is 40.3 Å². The van der Waals surface area contributed by atoms with Crippen LogP contribution in [0.1, 0.15) is 81.7 Å². The second kappa shape index (κ2) is 16.7.